The second kappa shape index (κ2) is 5.66. The largest absolute Gasteiger partial charge is 0.478 e. The highest BCUT2D eigenvalue weighted by Crippen LogP contribution is 2.18. The van der Waals surface area contributed by atoms with Gasteiger partial charge in [-0.15, -0.1) is 0 Å². The predicted octanol–water partition coefficient (Wildman–Crippen LogP) is 2.68. The van der Waals surface area contributed by atoms with E-state index >= 15 is 0 Å². The Labute approximate surface area is 121 Å². The fourth-order valence-corrected chi connectivity index (χ4v) is 1.99. The lowest BCUT2D eigenvalue weighted by molar-refractivity contribution is 0.0696. The van der Waals surface area contributed by atoms with Crippen molar-refractivity contribution in [2.45, 2.75) is 20.8 Å². The molecule has 0 aliphatic heterocycles. The molecule has 1 aromatic carbocycles. The summed E-state index contributed by atoms with van der Waals surface area (Å²) >= 11 is 0. The van der Waals surface area contributed by atoms with Crippen LogP contribution in [-0.2, 0) is 0 Å². The van der Waals surface area contributed by atoms with Gasteiger partial charge in [0.25, 0.3) is 0 Å². The lowest BCUT2D eigenvalue weighted by Gasteiger charge is -2.09. The Hall–Kier alpha value is -2.83. The van der Waals surface area contributed by atoms with Crippen molar-refractivity contribution in [3.63, 3.8) is 0 Å². The van der Waals surface area contributed by atoms with Crippen molar-refractivity contribution in [3.8, 4) is 0 Å². The number of aromatic amines is 1. The van der Waals surface area contributed by atoms with Gasteiger partial charge in [0.15, 0.2) is 0 Å². The summed E-state index contributed by atoms with van der Waals surface area (Å²) in [6, 6.07) is 4.20. The third-order valence-corrected chi connectivity index (χ3v) is 3.08. The number of nitrogens with one attached hydrogen (secondary N) is 3. The van der Waals surface area contributed by atoms with E-state index in [1.165, 1.54) is 6.07 Å². The number of amides is 2. The summed E-state index contributed by atoms with van der Waals surface area (Å²) in [5, 5.41) is 21.1. The molecule has 0 saturated heterocycles. The van der Waals surface area contributed by atoms with Crippen LogP contribution in [0.5, 0.6) is 0 Å². The zero-order chi connectivity index (χ0) is 15.6. The standard InChI is InChI=1S/C14H16N4O3/c1-7-6-10(4-5-11(7)13(19)20)15-14(21)16-12-8(2)17-18-9(12)3/h4-6H,1-3H3,(H,17,18)(H,19,20)(H2,15,16,21). The lowest BCUT2D eigenvalue weighted by Crippen LogP contribution is -2.20. The number of urea groups is 1. The van der Waals surface area contributed by atoms with Crippen LogP contribution in [0.25, 0.3) is 0 Å². The van der Waals surface area contributed by atoms with Gasteiger partial charge in [0.2, 0.25) is 0 Å². The number of aromatic nitrogens is 2. The van der Waals surface area contributed by atoms with Gasteiger partial charge in [-0.05, 0) is 44.5 Å². The molecule has 0 aliphatic carbocycles. The van der Waals surface area contributed by atoms with Crippen LogP contribution < -0.4 is 10.6 Å². The third kappa shape index (κ3) is 3.19. The molecule has 1 heterocycles. The molecule has 7 heteroatoms. The number of carboxylic acids is 1. The number of carboxylic acid groups (broad SMARTS) is 1. The molecule has 0 atom stereocenters. The number of aromatic carboxylic acids is 1. The van der Waals surface area contributed by atoms with E-state index in [9.17, 15) is 9.59 Å². The molecular formula is C14H16N4O3. The Kier molecular flexibility index (Phi) is 3.93. The molecule has 4 N–H and O–H groups in total. The number of hydrogen-bond acceptors (Lipinski definition) is 3. The fourth-order valence-electron chi connectivity index (χ4n) is 1.99. The molecule has 0 aliphatic rings. The Morgan fingerprint density at radius 3 is 2.43 bits per heavy atom. The van der Waals surface area contributed by atoms with Gasteiger partial charge < -0.3 is 15.7 Å². The van der Waals surface area contributed by atoms with E-state index in [-0.39, 0.29) is 5.56 Å². The van der Waals surface area contributed by atoms with Crippen molar-refractivity contribution in [3.05, 3.63) is 40.7 Å². The second-order valence-electron chi connectivity index (χ2n) is 4.72. The maximum Gasteiger partial charge on any atom is 0.335 e. The highest BCUT2D eigenvalue weighted by molar-refractivity contribution is 6.01. The minimum atomic E-state index is -0.992. The molecule has 0 spiro atoms. The molecule has 0 unspecified atom stereocenters. The molecule has 0 radical (unpaired) electrons. The molecule has 21 heavy (non-hydrogen) atoms. The monoisotopic (exact) mass is 288 g/mol. The van der Waals surface area contributed by atoms with Crippen LogP contribution in [0.4, 0.5) is 16.2 Å². The van der Waals surface area contributed by atoms with Crippen molar-refractivity contribution in [1.82, 2.24) is 10.2 Å². The summed E-state index contributed by atoms with van der Waals surface area (Å²) in [5.74, 6) is -0.992. The Balaban J connectivity index is 2.10. The van der Waals surface area contributed by atoms with Crippen LogP contribution in [-0.4, -0.2) is 27.3 Å². The van der Waals surface area contributed by atoms with Crippen LogP contribution >= 0.6 is 0 Å². The zero-order valence-corrected chi connectivity index (χ0v) is 11.9. The van der Waals surface area contributed by atoms with E-state index < -0.39 is 12.0 Å². The number of anilines is 2. The van der Waals surface area contributed by atoms with E-state index in [0.717, 1.165) is 5.69 Å². The first-order chi connectivity index (χ1) is 9.88. The van der Waals surface area contributed by atoms with E-state index in [1.54, 1.807) is 32.9 Å². The summed E-state index contributed by atoms with van der Waals surface area (Å²) < 4.78 is 0. The average Bonchev–Trinajstić information content (AvgIpc) is 2.70. The van der Waals surface area contributed by atoms with Crippen LogP contribution in [0, 0.1) is 20.8 Å². The quantitative estimate of drug-likeness (QED) is 0.696. The van der Waals surface area contributed by atoms with Gasteiger partial charge in [-0.3, -0.25) is 5.10 Å². The number of H-pyrrole nitrogens is 1. The number of rotatable bonds is 3. The van der Waals surface area contributed by atoms with Crippen molar-refractivity contribution in [1.29, 1.82) is 0 Å². The summed E-state index contributed by atoms with van der Waals surface area (Å²) in [6.07, 6.45) is 0. The number of benzene rings is 1. The molecule has 7 nitrogen and oxygen atoms in total. The topological polar surface area (TPSA) is 107 Å². The third-order valence-electron chi connectivity index (χ3n) is 3.08. The van der Waals surface area contributed by atoms with Gasteiger partial charge in [-0.1, -0.05) is 0 Å². The van der Waals surface area contributed by atoms with E-state index in [4.69, 9.17) is 5.11 Å². The maximum atomic E-state index is 11.9. The fraction of sp³-hybridized carbons (Fsp3) is 0.214. The molecule has 0 bridgehead atoms. The number of aryl methyl sites for hydroxylation is 3. The molecule has 0 fully saturated rings. The Bertz CT molecular complexity index is 687. The highest BCUT2D eigenvalue weighted by atomic mass is 16.4. The normalized spacial score (nSPS) is 10.2. The van der Waals surface area contributed by atoms with E-state index in [2.05, 4.69) is 20.8 Å². The van der Waals surface area contributed by atoms with E-state index in [1.807, 2.05) is 0 Å². The van der Waals surface area contributed by atoms with Crippen molar-refractivity contribution >= 4 is 23.4 Å². The molecule has 2 rings (SSSR count). The Morgan fingerprint density at radius 2 is 1.90 bits per heavy atom. The molecule has 0 saturated carbocycles. The van der Waals surface area contributed by atoms with Gasteiger partial charge in [0.1, 0.15) is 0 Å². The summed E-state index contributed by atoms with van der Waals surface area (Å²) in [7, 11) is 0. The number of carbonyl (C=O) groups excluding carboxylic acids is 1. The molecule has 110 valence electrons. The van der Waals surface area contributed by atoms with Crippen LogP contribution in [0.3, 0.4) is 0 Å². The second-order valence-corrected chi connectivity index (χ2v) is 4.72. The number of nitrogens with zero attached hydrogens (tertiary/aromatic N) is 1. The van der Waals surface area contributed by atoms with Gasteiger partial charge >= 0.3 is 12.0 Å². The van der Waals surface area contributed by atoms with Crippen LogP contribution in [0.1, 0.15) is 27.3 Å². The minimum absolute atomic E-state index is 0.211. The van der Waals surface area contributed by atoms with Crippen molar-refractivity contribution < 1.29 is 14.7 Å². The van der Waals surface area contributed by atoms with Gasteiger partial charge in [0.05, 0.1) is 22.6 Å². The predicted molar refractivity (Wildman–Crippen MR) is 78.8 cm³/mol. The summed E-state index contributed by atoms with van der Waals surface area (Å²) in [5.41, 5.74) is 3.40. The highest BCUT2D eigenvalue weighted by Gasteiger charge is 2.11. The smallest absolute Gasteiger partial charge is 0.335 e. The molecular weight excluding hydrogens is 272 g/mol. The van der Waals surface area contributed by atoms with E-state index in [0.29, 0.717) is 22.6 Å². The number of carbonyl (C=O) groups is 2. The van der Waals surface area contributed by atoms with Crippen molar-refractivity contribution in [2.24, 2.45) is 0 Å². The molecule has 2 amide bonds. The van der Waals surface area contributed by atoms with Gasteiger partial charge in [-0.2, -0.15) is 5.10 Å². The summed E-state index contributed by atoms with van der Waals surface area (Å²) in [4.78, 5) is 22.9. The first-order valence-electron chi connectivity index (χ1n) is 6.32. The lowest BCUT2D eigenvalue weighted by atomic mass is 10.1. The molecule has 2 aromatic rings. The van der Waals surface area contributed by atoms with Crippen molar-refractivity contribution in [2.75, 3.05) is 10.6 Å². The maximum absolute atomic E-state index is 11.9. The average molecular weight is 288 g/mol. The minimum Gasteiger partial charge on any atom is -0.478 e. The first-order valence-corrected chi connectivity index (χ1v) is 6.32. The molecule has 1 aromatic heterocycles. The zero-order valence-electron chi connectivity index (χ0n) is 11.9. The summed E-state index contributed by atoms with van der Waals surface area (Å²) in [6.45, 7) is 5.27. The Morgan fingerprint density at radius 1 is 1.19 bits per heavy atom. The SMILES string of the molecule is Cc1cc(NC(=O)Nc2c(C)n[nH]c2C)ccc1C(=O)O. The van der Waals surface area contributed by atoms with Crippen LogP contribution in [0.15, 0.2) is 18.2 Å². The van der Waals surface area contributed by atoms with Crippen LogP contribution in [0.2, 0.25) is 0 Å². The number of hydrogen-bond donors (Lipinski definition) is 4. The van der Waals surface area contributed by atoms with Gasteiger partial charge in [-0.25, -0.2) is 9.59 Å². The first kappa shape index (κ1) is 14.6. The van der Waals surface area contributed by atoms with Gasteiger partial charge in [0, 0.05) is 5.69 Å².